The zero-order valence-corrected chi connectivity index (χ0v) is 22.8. The maximum atomic E-state index is 12.6. The van der Waals surface area contributed by atoms with Crippen LogP contribution in [-0.4, -0.2) is 72.8 Å². The van der Waals surface area contributed by atoms with Crippen LogP contribution in [0.4, 0.5) is 0 Å². The van der Waals surface area contributed by atoms with Gasteiger partial charge in [0.2, 0.25) is 11.8 Å². The number of carbonyl (C=O) groups is 2. The Labute approximate surface area is 202 Å². The van der Waals surface area contributed by atoms with Crippen LogP contribution in [0.5, 0.6) is 0 Å². The molecule has 7 nitrogen and oxygen atoms in total. The second-order valence-corrected chi connectivity index (χ2v) is 11.9. The van der Waals surface area contributed by atoms with E-state index in [1.165, 1.54) is 0 Å². The summed E-state index contributed by atoms with van der Waals surface area (Å²) >= 11 is 0. The molecule has 0 aromatic heterocycles. The first-order valence-electron chi connectivity index (χ1n) is 12.7. The van der Waals surface area contributed by atoms with Gasteiger partial charge in [-0.2, -0.15) is 0 Å². The second-order valence-electron chi connectivity index (χ2n) is 11.9. The van der Waals surface area contributed by atoms with Crippen LogP contribution in [0.1, 0.15) is 93.9 Å². The Bertz CT molecular complexity index is 609. The summed E-state index contributed by atoms with van der Waals surface area (Å²) in [4.78, 5) is 27.4. The fourth-order valence-electron chi connectivity index (χ4n) is 3.89. The predicted molar refractivity (Wildman–Crippen MR) is 134 cm³/mol. The number of likely N-dealkylation sites (tertiary alicyclic amines) is 1. The maximum Gasteiger partial charge on any atom is 0.223 e. The van der Waals surface area contributed by atoms with Crippen molar-refractivity contribution in [3.05, 3.63) is 0 Å². The highest BCUT2D eigenvalue weighted by Crippen LogP contribution is 2.21. The largest absolute Gasteiger partial charge is 0.379 e. The lowest BCUT2D eigenvalue weighted by Gasteiger charge is -2.33. The van der Waals surface area contributed by atoms with Crippen molar-refractivity contribution in [3.63, 3.8) is 0 Å². The first-order chi connectivity index (χ1) is 15.1. The first-order valence-corrected chi connectivity index (χ1v) is 12.7. The van der Waals surface area contributed by atoms with Crippen LogP contribution in [0, 0.1) is 5.92 Å². The lowest BCUT2D eigenvalue weighted by Crippen LogP contribution is -2.49. The van der Waals surface area contributed by atoms with Gasteiger partial charge in [-0.1, -0.05) is 0 Å². The molecular formula is C26H51N3O4. The van der Waals surface area contributed by atoms with E-state index < -0.39 is 5.60 Å². The normalized spacial score (nSPS) is 16.8. The van der Waals surface area contributed by atoms with Gasteiger partial charge < -0.3 is 25.0 Å². The van der Waals surface area contributed by atoms with Gasteiger partial charge in [-0.25, -0.2) is 0 Å². The Hall–Kier alpha value is -1.18. The smallest absolute Gasteiger partial charge is 0.223 e. The fourth-order valence-corrected chi connectivity index (χ4v) is 3.89. The third kappa shape index (κ3) is 13.3. The fraction of sp³-hybridized carbons (Fsp3) is 0.923. The number of piperidine rings is 1. The number of hydrogen-bond acceptors (Lipinski definition) is 5. The molecule has 0 atom stereocenters. The molecule has 0 saturated carbocycles. The van der Waals surface area contributed by atoms with Gasteiger partial charge in [-0.15, -0.1) is 0 Å². The molecule has 0 unspecified atom stereocenters. The van der Waals surface area contributed by atoms with Crippen molar-refractivity contribution < 1.29 is 19.1 Å². The summed E-state index contributed by atoms with van der Waals surface area (Å²) in [5, 5.41) is 6.33. The van der Waals surface area contributed by atoms with Gasteiger partial charge in [-0.3, -0.25) is 9.59 Å². The highest BCUT2D eigenvalue weighted by molar-refractivity contribution is 5.79. The van der Waals surface area contributed by atoms with E-state index in [1.54, 1.807) is 0 Å². The highest BCUT2D eigenvalue weighted by atomic mass is 16.5. The van der Waals surface area contributed by atoms with E-state index in [0.29, 0.717) is 26.1 Å². The number of rotatable bonds is 14. The van der Waals surface area contributed by atoms with E-state index in [4.69, 9.17) is 9.47 Å². The molecule has 0 radical (unpaired) electrons. The number of hydrogen-bond donors (Lipinski definition) is 2. The quantitative estimate of drug-likeness (QED) is 0.403. The molecule has 1 rings (SSSR count). The van der Waals surface area contributed by atoms with Crippen molar-refractivity contribution in [1.29, 1.82) is 0 Å². The molecule has 2 amide bonds. The molecule has 0 aliphatic carbocycles. The van der Waals surface area contributed by atoms with Gasteiger partial charge >= 0.3 is 0 Å². The summed E-state index contributed by atoms with van der Waals surface area (Å²) in [5.74, 6) is 0.301. The van der Waals surface area contributed by atoms with Gasteiger partial charge in [-0.05, 0) is 108 Å². The van der Waals surface area contributed by atoms with Gasteiger partial charge in [0, 0.05) is 36.6 Å². The minimum absolute atomic E-state index is 0.0342. The van der Waals surface area contributed by atoms with E-state index >= 15 is 0 Å². The molecule has 1 aliphatic heterocycles. The van der Waals surface area contributed by atoms with Crippen LogP contribution < -0.4 is 10.6 Å². The van der Waals surface area contributed by atoms with Crippen LogP contribution in [0.15, 0.2) is 0 Å². The molecular weight excluding hydrogens is 418 g/mol. The molecule has 0 aromatic rings. The van der Waals surface area contributed by atoms with Crippen molar-refractivity contribution >= 4 is 11.8 Å². The maximum absolute atomic E-state index is 12.6. The molecule has 0 spiro atoms. The zero-order chi connectivity index (χ0) is 25.3. The average molecular weight is 470 g/mol. The Morgan fingerprint density at radius 1 is 0.909 bits per heavy atom. The molecule has 33 heavy (non-hydrogen) atoms. The Balaban J connectivity index is 2.34. The highest BCUT2D eigenvalue weighted by Gasteiger charge is 2.29. The third-order valence-electron chi connectivity index (χ3n) is 6.38. The molecule has 2 N–H and O–H groups in total. The minimum atomic E-state index is -0.406. The van der Waals surface area contributed by atoms with Crippen molar-refractivity contribution in [1.82, 2.24) is 15.5 Å². The number of nitrogens with zero attached hydrogens (tertiary/aromatic N) is 1. The molecule has 1 heterocycles. The van der Waals surface area contributed by atoms with Crippen LogP contribution >= 0.6 is 0 Å². The van der Waals surface area contributed by atoms with E-state index in [2.05, 4.69) is 36.4 Å². The number of nitrogens with one attached hydrogen (secondary N) is 2. The Morgan fingerprint density at radius 2 is 1.45 bits per heavy atom. The average Bonchev–Trinajstić information content (AvgIpc) is 2.65. The standard InChI is InChI=1S/C26H51N3O4/c1-20(2)32-18-14-24(3,4)27-22(30)10-13-26(7,8)33-19-15-25(5,6)28-23(31)21-11-16-29(9)17-12-21/h20-21H,10-19H2,1-9H3,(H,27,30)(H,28,31). The second kappa shape index (κ2) is 13.1. The van der Waals surface area contributed by atoms with Crippen LogP contribution in [0.2, 0.25) is 0 Å². The van der Waals surface area contributed by atoms with Crippen molar-refractivity contribution in [3.8, 4) is 0 Å². The van der Waals surface area contributed by atoms with Crippen LogP contribution in [0.25, 0.3) is 0 Å². The van der Waals surface area contributed by atoms with E-state index in [1.807, 2.05) is 41.5 Å². The number of carbonyl (C=O) groups excluding carboxylic acids is 2. The number of ether oxygens (including phenoxy) is 2. The molecule has 1 saturated heterocycles. The van der Waals surface area contributed by atoms with Gasteiger partial charge in [0.25, 0.3) is 0 Å². The molecule has 1 aliphatic rings. The van der Waals surface area contributed by atoms with Crippen molar-refractivity contribution in [2.45, 2.75) is 117 Å². The van der Waals surface area contributed by atoms with Crippen molar-refractivity contribution in [2.75, 3.05) is 33.4 Å². The van der Waals surface area contributed by atoms with Gasteiger partial charge in [0.1, 0.15) is 0 Å². The third-order valence-corrected chi connectivity index (χ3v) is 6.38. The first kappa shape index (κ1) is 29.9. The molecule has 1 fully saturated rings. The number of amides is 2. The summed E-state index contributed by atoms with van der Waals surface area (Å²) in [5.41, 5.74) is -1.03. The van der Waals surface area contributed by atoms with Crippen molar-refractivity contribution in [2.24, 2.45) is 5.92 Å². The SMILES string of the molecule is CC(C)OCCC(C)(C)NC(=O)CCC(C)(C)OCCC(C)(C)NC(=O)C1CCN(C)CC1. The van der Waals surface area contributed by atoms with Crippen LogP contribution in [0.3, 0.4) is 0 Å². The Kier molecular flexibility index (Phi) is 11.8. The summed E-state index contributed by atoms with van der Waals surface area (Å²) in [7, 11) is 2.10. The molecule has 0 bridgehead atoms. The lowest BCUT2D eigenvalue weighted by atomic mass is 9.93. The topological polar surface area (TPSA) is 79.9 Å². The van der Waals surface area contributed by atoms with E-state index in [9.17, 15) is 9.59 Å². The zero-order valence-electron chi connectivity index (χ0n) is 22.8. The lowest BCUT2D eigenvalue weighted by molar-refractivity contribution is -0.129. The van der Waals surface area contributed by atoms with Gasteiger partial charge in [0.15, 0.2) is 0 Å². The molecule has 7 heteroatoms. The minimum Gasteiger partial charge on any atom is -0.379 e. The summed E-state index contributed by atoms with van der Waals surface area (Å²) in [6.45, 7) is 19.3. The monoisotopic (exact) mass is 469 g/mol. The van der Waals surface area contributed by atoms with E-state index in [-0.39, 0.29) is 34.9 Å². The van der Waals surface area contributed by atoms with Crippen LogP contribution in [-0.2, 0) is 19.1 Å². The summed E-state index contributed by atoms with van der Waals surface area (Å²) < 4.78 is 11.7. The molecule has 194 valence electrons. The molecule has 0 aromatic carbocycles. The van der Waals surface area contributed by atoms with Gasteiger partial charge in [0.05, 0.1) is 11.7 Å². The predicted octanol–water partition coefficient (Wildman–Crippen LogP) is 3.90. The van der Waals surface area contributed by atoms with E-state index in [0.717, 1.165) is 38.8 Å². The summed E-state index contributed by atoms with van der Waals surface area (Å²) in [6, 6.07) is 0. The summed E-state index contributed by atoms with van der Waals surface area (Å²) in [6.07, 6.45) is 4.59. The Morgan fingerprint density at radius 3 is 2.03 bits per heavy atom.